The molecule has 0 aromatic carbocycles. The largest absolute Gasteiger partial charge is 0.432 e. The minimum Gasteiger partial charge on any atom is -0.296 e. The van der Waals surface area contributed by atoms with Crippen molar-refractivity contribution in [2.45, 2.75) is 13.1 Å². The van der Waals surface area contributed by atoms with Crippen LogP contribution in [-0.4, -0.2) is 9.38 Å². The molecule has 0 bridgehead atoms. The number of halogens is 4. The summed E-state index contributed by atoms with van der Waals surface area (Å²) >= 11 is 3.09. The zero-order valence-electron chi connectivity index (χ0n) is 8.55. The summed E-state index contributed by atoms with van der Waals surface area (Å²) in [5, 5.41) is 0. The molecule has 0 aliphatic heterocycles. The van der Waals surface area contributed by atoms with Crippen molar-refractivity contribution in [3.63, 3.8) is 0 Å². The topological polar surface area (TPSA) is 34.4 Å². The van der Waals surface area contributed by atoms with Crippen LogP contribution in [0.1, 0.15) is 11.3 Å². The molecule has 2 heterocycles. The number of hydrogen-bond acceptors (Lipinski definition) is 2. The Kier molecular flexibility index (Phi) is 2.73. The van der Waals surface area contributed by atoms with Gasteiger partial charge in [-0.3, -0.25) is 9.20 Å². The zero-order chi connectivity index (χ0) is 12.8. The number of pyridine rings is 1. The van der Waals surface area contributed by atoms with Gasteiger partial charge in [-0.2, -0.15) is 18.2 Å². The van der Waals surface area contributed by atoms with Crippen molar-refractivity contribution in [2.75, 3.05) is 0 Å². The summed E-state index contributed by atoms with van der Waals surface area (Å²) in [4.78, 5) is 14.7. The van der Waals surface area contributed by atoms with Gasteiger partial charge >= 0.3 is 6.18 Å². The molecule has 0 aliphatic rings. The minimum absolute atomic E-state index is 0.0459. The third kappa shape index (κ3) is 2.19. The molecule has 0 unspecified atom stereocenters. The van der Waals surface area contributed by atoms with Crippen LogP contribution in [-0.2, 0) is 6.18 Å². The second kappa shape index (κ2) is 3.83. The molecule has 2 aromatic heterocycles. The van der Waals surface area contributed by atoms with Crippen molar-refractivity contribution in [2.24, 2.45) is 0 Å². The molecular formula is C10H6BrF3N2O. The van der Waals surface area contributed by atoms with E-state index in [0.717, 1.165) is 4.40 Å². The summed E-state index contributed by atoms with van der Waals surface area (Å²) in [6.07, 6.45) is -3.31. The lowest BCUT2D eigenvalue weighted by Gasteiger charge is -2.12. The number of alkyl halides is 3. The van der Waals surface area contributed by atoms with Gasteiger partial charge in [-0.15, -0.1) is 0 Å². The fraction of sp³-hybridized carbons (Fsp3) is 0.200. The Morgan fingerprint density at radius 3 is 2.59 bits per heavy atom. The molecule has 3 nitrogen and oxygen atoms in total. The van der Waals surface area contributed by atoms with Crippen molar-refractivity contribution >= 4 is 21.6 Å². The summed E-state index contributed by atoms with van der Waals surface area (Å²) < 4.78 is 39.5. The maximum Gasteiger partial charge on any atom is 0.432 e. The van der Waals surface area contributed by atoms with E-state index in [0.29, 0.717) is 16.1 Å². The monoisotopic (exact) mass is 306 g/mol. The van der Waals surface area contributed by atoms with E-state index in [-0.39, 0.29) is 5.65 Å². The summed E-state index contributed by atoms with van der Waals surface area (Å²) in [6, 6.07) is 2.08. The zero-order valence-corrected chi connectivity index (χ0v) is 10.1. The van der Waals surface area contributed by atoms with Crippen LogP contribution in [0, 0.1) is 6.92 Å². The van der Waals surface area contributed by atoms with E-state index in [1.807, 2.05) is 0 Å². The Labute approximate surface area is 102 Å². The first-order valence-electron chi connectivity index (χ1n) is 4.56. The van der Waals surface area contributed by atoms with Gasteiger partial charge in [0.1, 0.15) is 5.69 Å². The van der Waals surface area contributed by atoms with Crippen molar-refractivity contribution < 1.29 is 13.2 Å². The summed E-state index contributed by atoms with van der Waals surface area (Å²) in [5.41, 5.74) is -1.37. The highest BCUT2D eigenvalue weighted by Crippen LogP contribution is 2.30. The molecular weight excluding hydrogens is 301 g/mol. The Morgan fingerprint density at radius 1 is 1.35 bits per heavy atom. The molecule has 2 aromatic rings. The molecule has 0 saturated carbocycles. The molecule has 0 saturated heterocycles. The normalized spacial score (nSPS) is 12.1. The third-order valence-electron chi connectivity index (χ3n) is 2.16. The molecule has 2 rings (SSSR count). The van der Waals surface area contributed by atoms with Gasteiger partial charge in [0, 0.05) is 12.3 Å². The smallest absolute Gasteiger partial charge is 0.296 e. The van der Waals surface area contributed by atoms with Crippen LogP contribution >= 0.6 is 15.9 Å². The second-order valence-electron chi connectivity index (χ2n) is 3.54. The lowest BCUT2D eigenvalue weighted by Crippen LogP contribution is -2.19. The SMILES string of the molecule is Cc1cc(Br)c2nc(=O)cc(C(F)(F)F)n2c1. The third-order valence-corrected chi connectivity index (χ3v) is 2.74. The molecule has 0 spiro atoms. The van der Waals surface area contributed by atoms with Gasteiger partial charge in [-0.25, -0.2) is 0 Å². The molecule has 0 amide bonds. The maximum absolute atomic E-state index is 12.8. The molecule has 0 N–H and O–H groups in total. The van der Waals surface area contributed by atoms with Crippen molar-refractivity contribution in [3.8, 4) is 0 Å². The van der Waals surface area contributed by atoms with E-state index in [2.05, 4.69) is 20.9 Å². The van der Waals surface area contributed by atoms with Gasteiger partial charge in [0.15, 0.2) is 5.65 Å². The van der Waals surface area contributed by atoms with E-state index in [1.165, 1.54) is 6.20 Å². The number of nitrogens with zero attached hydrogens (tertiary/aromatic N) is 2. The number of aromatic nitrogens is 2. The highest BCUT2D eigenvalue weighted by Gasteiger charge is 2.34. The Hall–Kier alpha value is -1.37. The van der Waals surface area contributed by atoms with Crippen LogP contribution in [0.15, 0.2) is 27.6 Å². The van der Waals surface area contributed by atoms with Crippen molar-refractivity contribution in [1.82, 2.24) is 9.38 Å². The van der Waals surface area contributed by atoms with Gasteiger partial charge in [0.25, 0.3) is 5.56 Å². The van der Waals surface area contributed by atoms with Crippen molar-refractivity contribution in [3.05, 3.63) is 44.4 Å². The van der Waals surface area contributed by atoms with Crippen LogP contribution in [0.2, 0.25) is 0 Å². The first kappa shape index (κ1) is 12.1. The van der Waals surface area contributed by atoms with Crippen molar-refractivity contribution in [1.29, 1.82) is 0 Å². The lowest BCUT2D eigenvalue weighted by molar-refractivity contribution is -0.142. The van der Waals surface area contributed by atoms with Gasteiger partial charge in [0.05, 0.1) is 4.47 Å². The summed E-state index contributed by atoms with van der Waals surface area (Å²) in [7, 11) is 0. The second-order valence-corrected chi connectivity index (χ2v) is 4.39. The summed E-state index contributed by atoms with van der Waals surface area (Å²) in [6.45, 7) is 1.66. The van der Waals surface area contributed by atoms with Gasteiger partial charge in [-0.05, 0) is 34.5 Å². The first-order chi connectivity index (χ1) is 7.79. The number of rotatable bonds is 0. The molecule has 0 atom stereocenters. The molecule has 0 fully saturated rings. The van der Waals surface area contributed by atoms with Crippen LogP contribution in [0.5, 0.6) is 0 Å². The lowest BCUT2D eigenvalue weighted by atomic mass is 10.3. The van der Waals surface area contributed by atoms with E-state index < -0.39 is 17.4 Å². The molecule has 0 aliphatic carbocycles. The molecule has 90 valence electrons. The van der Waals surface area contributed by atoms with Gasteiger partial charge < -0.3 is 0 Å². The summed E-state index contributed by atoms with van der Waals surface area (Å²) in [5.74, 6) is 0. The number of fused-ring (bicyclic) bond motifs is 1. The fourth-order valence-corrected chi connectivity index (χ4v) is 2.15. The predicted octanol–water partition coefficient (Wildman–Crippen LogP) is 2.78. The predicted molar refractivity (Wildman–Crippen MR) is 58.9 cm³/mol. The Bertz CT molecular complexity index is 648. The van der Waals surface area contributed by atoms with Crippen LogP contribution in [0.4, 0.5) is 13.2 Å². The van der Waals surface area contributed by atoms with Gasteiger partial charge in [-0.1, -0.05) is 0 Å². The first-order valence-corrected chi connectivity index (χ1v) is 5.35. The van der Waals surface area contributed by atoms with Crippen LogP contribution in [0.25, 0.3) is 5.65 Å². The minimum atomic E-state index is -4.60. The van der Waals surface area contributed by atoms with Crippen LogP contribution < -0.4 is 5.56 Å². The highest BCUT2D eigenvalue weighted by molar-refractivity contribution is 9.10. The fourth-order valence-electron chi connectivity index (χ4n) is 1.51. The Balaban J connectivity index is 2.98. The van der Waals surface area contributed by atoms with E-state index in [4.69, 9.17) is 0 Å². The average molecular weight is 307 g/mol. The number of aryl methyl sites for hydroxylation is 1. The van der Waals surface area contributed by atoms with E-state index in [9.17, 15) is 18.0 Å². The Morgan fingerprint density at radius 2 is 2.00 bits per heavy atom. The van der Waals surface area contributed by atoms with Crippen LogP contribution in [0.3, 0.4) is 0 Å². The maximum atomic E-state index is 12.8. The van der Waals surface area contributed by atoms with Gasteiger partial charge in [0.2, 0.25) is 0 Å². The average Bonchev–Trinajstić information content (AvgIpc) is 2.16. The molecule has 7 heteroatoms. The molecule has 17 heavy (non-hydrogen) atoms. The number of hydrogen-bond donors (Lipinski definition) is 0. The van der Waals surface area contributed by atoms with E-state index >= 15 is 0 Å². The molecule has 0 radical (unpaired) electrons. The quantitative estimate of drug-likeness (QED) is 0.750. The van der Waals surface area contributed by atoms with E-state index in [1.54, 1.807) is 13.0 Å². The standard InChI is InChI=1S/C10H6BrF3N2O/c1-5-2-6(11)9-15-8(17)3-7(10(12,13)14)16(9)4-5/h2-4H,1H3. The highest BCUT2D eigenvalue weighted by atomic mass is 79.9.